The van der Waals surface area contributed by atoms with E-state index >= 15 is 0 Å². The van der Waals surface area contributed by atoms with Gasteiger partial charge in [0, 0.05) is 18.1 Å². The fraction of sp³-hybridized carbons (Fsp3) is 0.111. The topological polar surface area (TPSA) is 142 Å². The number of anilines is 4. The Morgan fingerprint density at radius 2 is 1.93 bits per heavy atom. The summed E-state index contributed by atoms with van der Waals surface area (Å²) in [6, 6.07) is 13.2. The molecule has 0 fully saturated rings. The van der Waals surface area contributed by atoms with E-state index in [2.05, 4.69) is 16.0 Å². The van der Waals surface area contributed by atoms with E-state index in [4.69, 9.17) is 16.6 Å². The first-order valence-electron chi connectivity index (χ1n) is 7.85. The highest BCUT2D eigenvalue weighted by Gasteiger charge is 2.20. The van der Waals surface area contributed by atoms with E-state index < -0.39 is 5.97 Å². The Hall–Kier alpha value is -3.51. The van der Waals surface area contributed by atoms with Crippen molar-refractivity contribution in [2.45, 2.75) is 5.03 Å². The number of rotatable bonds is 5. The smallest absolute Gasteiger partial charge is 0.313 e. The van der Waals surface area contributed by atoms with Gasteiger partial charge in [0.05, 0.1) is 16.2 Å². The fourth-order valence-electron chi connectivity index (χ4n) is 2.69. The van der Waals surface area contributed by atoms with Crippen molar-refractivity contribution in [3.63, 3.8) is 0 Å². The molecule has 27 heavy (non-hydrogen) atoms. The zero-order valence-corrected chi connectivity index (χ0v) is 15.2. The number of nitriles is 1. The van der Waals surface area contributed by atoms with Gasteiger partial charge in [0.15, 0.2) is 5.82 Å². The van der Waals surface area contributed by atoms with Crippen LogP contribution in [0.2, 0.25) is 0 Å². The number of aliphatic carboxylic acids is 1. The van der Waals surface area contributed by atoms with Crippen LogP contribution in [0, 0.1) is 11.3 Å². The van der Waals surface area contributed by atoms with Crippen LogP contribution in [0.3, 0.4) is 0 Å². The highest BCUT2D eigenvalue weighted by atomic mass is 32.2. The van der Waals surface area contributed by atoms with Crippen molar-refractivity contribution in [2.24, 2.45) is 0 Å². The Bertz CT molecular complexity index is 1070. The number of nitrogens with zero attached hydrogens (tertiary/aromatic N) is 4. The van der Waals surface area contributed by atoms with Crippen LogP contribution in [-0.2, 0) is 4.79 Å². The number of thioether (sulfide) groups is 1. The summed E-state index contributed by atoms with van der Waals surface area (Å²) in [5.41, 5.74) is 13.2. The molecule has 0 bridgehead atoms. The minimum Gasteiger partial charge on any atom is -0.481 e. The molecular formula is C18H16N6O2S. The van der Waals surface area contributed by atoms with Crippen LogP contribution in [0.25, 0.3) is 10.8 Å². The quantitative estimate of drug-likeness (QED) is 0.569. The van der Waals surface area contributed by atoms with E-state index in [-0.39, 0.29) is 23.0 Å². The minimum atomic E-state index is -0.972. The molecule has 3 rings (SSSR count). The molecule has 136 valence electrons. The van der Waals surface area contributed by atoms with Crippen LogP contribution >= 0.6 is 11.8 Å². The number of hydrogen-bond acceptors (Lipinski definition) is 8. The molecule has 2 heterocycles. The molecule has 0 aliphatic rings. The summed E-state index contributed by atoms with van der Waals surface area (Å²) in [6.07, 6.45) is 0. The van der Waals surface area contributed by atoms with E-state index in [0.717, 1.165) is 17.4 Å². The van der Waals surface area contributed by atoms with E-state index in [0.29, 0.717) is 21.6 Å². The minimum absolute atomic E-state index is 0.107. The molecule has 1 aromatic carbocycles. The molecule has 8 nitrogen and oxygen atoms in total. The van der Waals surface area contributed by atoms with Crippen molar-refractivity contribution in [1.82, 2.24) is 9.97 Å². The Morgan fingerprint density at radius 3 is 2.56 bits per heavy atom. The van der Waals surface area contributed by atoms with E-state index in [1.165, 1.54) is 0 Å². The summed E-state index contributed by atoms with van der Waals surface area (Å²) in [4.78, 5) is 21.1. The molecule has 0 atom stereocenters. The number of para-hydroxylation sites is 1. The molecule has 5 N–H and O–H groups in total. The Balaban J connectivity index is 2.21. The molecule has 2 aromatic heterocycles. The van der Waals surface area contributed by atoms with Crippen LogP contribution in [0.1, 0.15) is 5.56 Å². The summed E-state index contributed by atoms with van der Waals surface area (Å²) < 4.78 is 0. The second kappa shape index (κ2) is 7.39. The van der Waals surface area contributed by atoms with Crippen LogP contribution < -0.4 is 16.4 Å². The summed E-state index contributed by atoms with van der Waals surface area (Å²) in [5.74, 6) is -0.498. The molecule has 0 aliphatic heterocycles. The maximum Gasteiger partial charge on any atom is 0.313 e. The second-order valence-corrected chi connectivity index (χ2v) is 6.65. The van der Waals surface area contributed by atoms with Gasteiger partial charge in [-0.05, 0) is 18.2 Å². The highest BCUT2D eigenvalue weighted by molar-refractivity contribution is 7.99. The van der Waals surface area contributed by atoms with Gasteiger partial charge < -0.3 is 21.5 Å². The van der Waals surface area contributed by atoms with Gasteiger partial charge in [0.1, 0.15) is 23.3 Å². The van der Waals surface area contributed by atoms with Gasteiger partial charge in [0.2, 0.25) is 0 Å². The van der Waals surface area contributed by atoms with Gasteiger partial charge >= 0.3 is 5.97 Å². The van der Waals surface area contributed by atoms with Gasteiger partial charge in [-0.25, -0.2) is 9.97 Å². The number of carbonyl (C=O) groups is 1. The van der Waals surface area contributed by atoms with E-state index in [1.807, 2.05) is 30.3 Å². The zero-order valence-electron chi connectivity index (χ0n) is 14.4. The zero-order chi connectivity index (χ0) is 19.6. The van der Waals surface area contributed by atoms with Gasteiger partial charge in [-0.1, -0.05) is 30.0 Å². The van der Waals surface area contributed by atoms with Crippen molar-refractivity contribution in [2.75, 3.05) is 29.2 Å². The average Bonchev–Trinajstić information content (AvgIpc) is 2.66. The lowest BCUT2D eigenvalue weighted by molar-refractivity contribution is -0.133. The maximum atomic E-state index is 10.8. The van der Waals surface area contributed by atoms with Crippen molar-refractivity contribution < 1.29 is 9.90 Å². The molecule has 9 heteroatoms. The number of hydrogen-bond donors (Lipinski definition) is 3. The van der Waals surface area contributed by atoms with Gasteiger partial charge in [-0.15, -0.1) is 0 Å². The number of benzene rings is 1. The average molecular weight is 380 g/mol. The highest BCUT2D eigenvalue weighted by Crippen LogP contribution is 2.36. The van der Waals surface area contributed by atoms with E-state index in [9.17, 15) is 10.1 Å². The number of carboxylic acids is 1. The second-order valence-electron chi connectivity index (χ2n) is 5.65. The molecule has 0 amide bonds. The number of nitrogens with two attached hydrogens (primary N) is 2. The number of fused-ring (bicyclic) bond motifs is 1. The van der Waals surface area contributed by atoms with Crippen LogP contribution in [0.15, 0.2) is 41.4 Å². The van der Waals surface area contributed by atoms with Crippen molar-refractivity contribution in [3.8, 4) is 6.07 Å². The van der Waals surface area contributed by atoms with Gasteiger partial charge in [-0.3, -0.25) is 4.79 Å². The lowest BCUT2D eigenvalue weighted by Gasteiger charge is -2.21. The van der Waals surface area contributed by atoms with Crippen LogP contribution in [0.4, 0.5) is 23.1 Å². The molecule has 0 aliphatic carbocycles. The monoisotopic (exact) mass is 380 g/mol. The van der Waals surface area contributed by atoms with Gasteiger partial charge in [-0.2, -0.15) is 5.26 Å². The number of aromatic nitrogens is 2. The number of nitrogen functional groups attached to an aromatic ring is 2. The normalized spacial score (nSPS) is 10.5. The molecule has 0 radical (unpaired) electrons. The summed E-state index contributed by atoms with van der Waals surface area (Å²) in [6.45, 7) is 0. The van der Waals surface area contributed by atoms with Crippen LogP contribution in [0.5, 0.6) is 0 Å². The third kappa shape index (κ3) is 3.56. The molecule has 0 saturated carbocycles. The molecule has 0 spiro atoms. The SMILES string of the molecule is CN(c1ccccc1)c1nc(N)c2c(N)nc(SCC(=O)O)cc2c1C#N. The third-order valence-electron chi connectivity index (χ3n) is 3.92. The Kier molecular flexibility index (Phi) is 5.00. The van der Waals surface area contributed by atoms with Crippen molar-refractivity contribution >= 4 is 51.6 Å². The number of pyridine rings is 2. The largest absolute Gasteiger partial charge is 0.481 e. The molecule has 3 aromatic rings. The lowest BCUT2D eigenvalue weighted by Crippen LogP contribution is -2.15. The number of carboxylic acid groups (broad SMARTS) is 1. The van der Waals surface area contributed by atoms with Crippen LogP contribution in [-0.4, -0.2) is 33.8 Å². The van der Waals surface area contributed by atoms with E-state index in [1.54, 1.807) is 18.0 Å². The Labute approximate surface area is 159 Å². The summed E-state index contributed by atoms with van der Waals surface area (Å²) in [5, 5.41) is 19.9. The predicted molar refractivity (Wildman–Crippen MR) is 106 cm³/mol. The Morgan fingerprint density at radius 1 is 1.26 bits per heavy atom. The summed E-state index contributed by atoms with van der Waals surface area (Å²) in [7, 11) is 1.79. The fourth-order valence-corrected chi connectivity index (χ4v) is 3.33. The lowest BCUT2D eigenvalue weighted by atomic mass is 10.1. The maximum absolute atomic E-state index is 10.8. The van der Waals surface area contributed by atoms with Crippen molar-refractivity contribution in [3.05, 3.63) is 42.0 Å². The first-order chi connectivity index (χ1) is 12.9. The summed E-state index contributed by atoms with van der Waals surface area (Å²) >= 11 is 1.02. The molecular weight excluding hydrogens is 364 g/mol. The first-order valence-corrected chi connectivity index (χ1v) is 8.84. The standard InChI is InChI=1S/C18H16N6O2S/c1-24(10-5-3-2-4-6-10)18-12(8-19)11-7-13(27-9-14(25)26)22-16(20)15(11)17(21)23-18/h2-7H,9H2,1H3,(H2,20,22)(H2,21,23)(H,25,26). The predicted octanol–water partition coefficient (Wildman–Crippen LogP) is 2.61. The van der Waals surface area contributed by atoms with Gasteiger partial charge in [0.25, 0.3) is 0 Å². The molecule has 0 unspecified atom stereocenters. The first kappa shape index (κ1) is 18.3. The third-order valence-corrected chi connectivity index (χ3v) is 4.81. The van der Waals surface area contributed by atoms with Crippen molar-refractivity contribution in [1.29, 1.82) is 5.26 Å². The molecule has 0 saturated heterocycles.